The fourth-order valence-electron chi connectivity index (χ4n) is 6.06. The minimum absolute atomic E-state index is 0.0279. The predicted molar refractivity (Wildman–Crippen MR) is 237 cm³/mol. The van der Waals surface area contributed by atoms with Gasteiger partial charge in [-0.05, 0) is 60.3 Å². The highest BCUT2D eigenvalue weighted by molar-refractivity contribution is 7.94. The molecule has 1 aromatic heterocycles. The van der Waals surface area contributed by atoms with E-state index < -0.39 is 57.2 Å². The molecule has 30 heteroatoms. The Morgan fingerprint density at radius 2 is 1.33 bits per heavy atom. The van der Waals surface area contributed by atoms with E-state index in [9.17, 15) is 43.3 Å². The van der Waals surface area contributed by atoms with Gasteiger partial charge in [-0.15, -0.1) is 39.4 Å². The molecule has 6 aromatic rings. The number of nitrogens with zero attached hydrogens (tertiary/aromatic N) is 8. The van der Waals surface area contributed by atoms with Crippen LogP contribution in [0.3, 0.4) is 0 Å². The van der Waals surface area contributed by atoms with Gasteiger partial charge in [0.05, 0.1) is 57.2 Å². The maximum absolute atomic E-state index is 12.6. The number of carboxylic acids is 1. The number of hydrogen-bond donors (Lipinski definition) is 8. The normalized spacial score (nSPS) is 11.9. The number of azo groups is 3. The number of hydrogen-bond acceptors (Lipinski definition) is 26. The highest BCUT2D eigenvalue weighted by Gasteiger charge is 2.27. The van der Waals surface area contributed by atoms with Gasteiger partial charge >= 0.3 is 5.97 Å². The van der Waals surface area contributed by atoms with Crippen molar-refractivity contribution in [3.05, 3.63) is 78.0 Å². The smallest absolute Gasteiger partial charge is 0.358 e. The van der Waals surface area contributed by atoms with Crippen molar-refractivity contribution >= 4 is 85.1 Å². The van der Waals surface area contributed by atoms with Gasteiger partial charge in [-0.1, -0.05) is 16.1 Å². The topological polar surface area (TPSA) is 379 Å². The molecule has 0 saturated heterocycles. The van der Waals surface area contributed by atoms with Crippen LogP contribution < -0.4 is 18.9 Å². The third kappa shape index (κ3) is 12.2. The molecule has 0 fully saturated rings. The number of carbonyl (C=O) groups is 1. The average Bonchev–Trinajstić information content (AvgIpc) is 3.67. The summed E-state index contributed by atoms with van der Waals surface area (Å²) in [7, 11) is -2.22. The van der Waals surface area contributed by atoms with E-state index in [-0.39, 0.29) is 86.0 Å². The van der Waals surface area contributed by atoms with Crippen LogP contribution in [0.25, 0.3) is 16.5 Å². The summed E-state index contributed by atoms with van der Waals surface area (Å²) in [5, 5.41) is 107. The second-order valence-electron chi connectivity index (χ2n) is 13.3. The van der Waals surface area contributed by atoms with Gasteiger partial charge in [0.15, 0.2) is 5.69 Å². The number of aryl methyl sites for hydroxylation is 1. The van der Waals surface area contributed by atoms with Crippen LogP contribution in [0, 0.1) is 6.92 Å². The molecule has 0 unspecified atom stereocenters. The lowest BCUT2D eigenvalue weighted by molar-refractivity contribution is -0.432. The third-order valence-corrected chi connectivity index (χ3v) is 11.2. The zero-order valence-electron chi connectivity index (χ0n) is 35.6. The number of phenols is 1. The van der Waals surface area contributed by atoms with E-state index in [2.05, 4.69) is 54.5 Å². The van der Waals surface area contributed by atoms with Crippen LogP contribution in [0.2, 0.25) is 0 Å². The first-order valence-corrected chi connectivity index (χ1v) is 22.0. The van der Waals surface area contributed by atoms with Crippen molar-refractivity contribution in [1.82, 2.24) is 9.78 Å². The van der Waals surface area contributed by atoms with Crippen LogP contribution in [0.5, 0.6) is 34.6 Å². The number of aromatic carboxylic acids is 1. The van der Waals surface area contributed by atoms with Crippen molar-refractivity contribution in [3.8, 4) is 40.3 Å². The summed E-state index contributed by atoms with van der Waals surface area (Å²) in [5.74, 6) is -3.08. The van der Waals surface area contributed by atoms with Gasteiger partial charge in [0.2, 0.25) is 11.6 Å². The van der Waals surface area contributed by atoms with E-state index in [4.69, 9.17) is 29.5 Å². The van der Waals surface area contributed by atoms with E-state index in [0.29, 0.717) is 34.5 Å². The molecule has 6 rings (SSSR count). The molecule has 1 heterocycles. The van der Waals surface area contributed by atoms with E-state index in [1.807, 2.05) is 0 Å². The number of benzene rings is 5. The number of aromatic nitrogens is 2. The first kappa shape index (κ1) is 51.3. The minimum Gasteiger partial charge on any atom is -0.506 e. The minimum atomic E-state index is -4.82. The Kier molecular flexibility index (Phi) is 17.3. The highest BCUT2D eigenvalue weighted by Crippen LogP contribution is 2.47. The summed E-state index contributed by atoms with van der Waals surface area (Å²) < 4.78 is 66.0. The first-order valence-electron chi connectivity index (χ1n) is 19.1. The summed E-state index contributed by atoms with van der Waals surface area (Å²) in [6.07, 6.45) is 0. The van der Waals surface area contributed by atoms with E-state index in [1.165, 1.54) is 74.9 Å². The van der Waals surface area contributed by atoms with Crippen molar-refractivity contribution in [3.63, 3.8) is 0 Å². The second kappa shape index (κ2) is 23.3. The maximum Gasteiger partial charge on any atom is 0.358 e. The summed E-state index contributed by atoms with van der Waals surface area (Å²) in [4.78, 5) is 12.6. The highest BCUT2D eigenvalue weighted by atomic mass is 32.2. The van der Waals surface area contributed by atoms with Crippen LogP contribution in [0.15, 0.2) is 112 Å². The number of aliphatic hydroxyl groups excluding tert-OH is 2. The molecular weight excluding hydrogens is 981 g/mol. The summed E-state index contributed by atoms with van der Waals surface area (Å²) >= 11 is 1.13. The second-order valence-corrected chi connectivity index (χ2v) is 16.2. The monoisotopic (exact) mass is 1020 g/mol. The largest absolute Gasteiger partial charge is 0.506 e. The molecule has 27 nitrogen and oxygen atoms in total. The Hall–Kier alpha value is -7.07. The summed E-state index contributed by atoms with van der Waals surface area (Å²) in [6, 6.07) is 14.4. The van der Waals surface area contributed by atoms with Crippen LogP contribution in [-0.4, -0.2) is 105 Å². The summed E-state index contributed by atoms with van der Waals surface area (Å²) in [5.41, 5.74) is -1.88. The maximum atomic E-state index is 12.6. The molecule has 0 atom stereocenters. The molecule has 0 bridgehead atoms. The van der Waals surface area contributed by atoms with Gasteiger partial charge in [0, 0.05) is 33.4 Å². The predicted octanol–water partition coefficient (Wildman–Crippen LogP) is 8.55. The van der Waals surface area contributed by atoms with Crippen molar-refractivity contribution in [2.75, 3.05) is 40.6 Å². The van der Waals surface area contributed by atoms with Crippen LogP contribution in [0.4, 0.5) is 34.1 Å². The molecule has 0 saturated carbocycles. The van der Waals surface area contributed by atoms with E-state index >= 15 is 0 Å². The van der Waals surface area contributed by atoms with Gasteiger partial charge in [0.1, 0.15) is 75.3 Å². The number of rotatable bonds is 23. The van der Waals surface area contributed by atoms with Crippen molar-refractivity contribution in [1.29, 1.82) is 0 Å². The molecule has 0 aliphatic carbocycles. The van der Waals surface area contributed by atoms with Gasteiger partial charge in [-0.25, -0.2) is 15.3 Å². The third-order valence-electron chi connectivity index (χ3n) is 9.04. The van der Waals surface area contributed by atoms with E-state index in [1.54, 1.807) is 6.92 Å². The molecule has 0 aliphatic rings. The number of aromatic hydroxyl groups is 2. The molecule has 364 valence electrons. The number of phenolic OH excluding ortho intramolecular Hbond substituents is 1. The Bertz CT molecular complexity index is 3060. The fraction of sp³-hybridized carbons (Fsp3) is 0.179. The zero-order valence-corrected chi connectivity index (χ0v) is 38.0. The van der Waals surface area contributed by atoms with Crippen LogP contribution >= 0.6 is 24.1 Å². The summed E-state index contributed by atoms with van der Waals surface area (Å²) in [6.45, 7) is 0.0883. The molecular formula is C39H36N8O19S3. The van der Waals surface area contributed by atoms with Crippen molar-refractivity contribution < 1.29 is 91.5 Å². The lowest BCUT2D eigenvalue weighted by Gasteiger charge is -2.14. The van der Waals surface area contributed by atoms with Crippen LogP contribution in [0.1, 0.15) is 16.1 Å². The Labute approximate surface area is 396 Å². The number of fused-ring (bicyclic) bond motifs is 1. The Morgan fingerprint density at radius 3 is 1.93 bits per heavy atom. The quantitative estimate of drug-likeness (QED) is 0.00979. The number of methoxy groups -OCH3 is 2. The van der Waals surface area contributed by atoms with Crippen molar-refractivity contribution in [2.24, 2.45) is 30.7 Å². The van der Waals surface area contributed by atoms with Gasteiger partial charge < -0.3 is 44.5 Å². The zero-order chi connectivity index (χ0) is 49.8. The van der Waals surface area contributed by atoms with Crippen LogP contribution in [-0.2, 0) is 28.9 Å². The molecule has 5 aromatic carbocycles. The van der Waals surface area contributed by atoms with Gasteiger partial charge in [0.25, 0.3) is 10.1 Å². The molecule has 0 aliphatic heterocycles. The molecule has 69 heavy (non-hydrogen) atoms. The molecule has 0 amide bonds. The van der Waals surface area contributed by atoms with E-state index in [0.717, 1.165) is 10.7 Å². The van der Waals surface area contributed by atoms with Gasteiger partial charge in [-0.3, -0.25) is 4.55 Å². The Morgan fingerprint density at radius 1 is 0.725 bits per heavy atom. The number of carboxylic acid groups (broad SMARTS) is 1. The molecule has 0 spiro atoms. The molecule has 8 N–H and O–H groups in total. The SMILES string of the molecule is COc1ccc(N=Nc2cc(OCCO)c(N=Nc3c(O)ccc4cc(SOOO)cc(-n5nc(C(=O)O)c(N=Nc6cc(C)c(SOOO)cc6OC)c5O)c34)cc2OCCO)c(S(=O)(=O)O)c1. The lowest BCUT2D eigenvalue weighted by atomic mass is 10.1. The number of ether oxygens (including phenoxy) is 4. The fourth-order valence-corrected chi connectivity index (χ4v) is 7.60. The number of aliphatic hydroxyl groups is 2. The Balaban J connectivity index is 1.52. The molecule has 0 radical (unpaired) electrons. The lowest BCUT2D eigenvalue weighted by Crippen LogP contribution is -2.04. The average molecular weight is 1020 g/mol. The first-order chi connectivity index (χ1) is 33.1. The van der Waals surface area contributed by atoms with Gasteiger partial charge in [-0.2, -0.15) is 18.2 Å². The standard InChI is InChI=1S/C39H36N8O19S3/c1-19-12-24(29(60-3)18-32(19)68-66-64-55)42-45-36-37(39(52)53)46-47(38(36)51)27-15-22(67-65-63-54)13-20-4-7-28(50)35(34(20)27)44-43-26-17-30(61-10-8-48)25(16-31(26)62-11-9-49)41-40-23-6-5-21(59-2)14-33(23)69(56,57)58/h4-7,12-18,48-51,54-55H,8-11H2,1-3H3,(H,52,53)(H,56,57,58). The van der Waals surface area contributed by atoms with Crippen molar-refractivity contribution in [2.45, 2.75) is 21.6 Å².